The van der Waals surface area contributed by atoms with Crippen molar-refractivity contribution in [2.45, 2.75) is 38.1 Å². The number of ether oxygens (including phenoxy) is 1. The van der Waals surface area contributed by atoms with E-state index in [9.17, 15) is 4.79 Å². The van der Waals surface area contributed by atoms with Crippen molar-refractivity contribution >= 4 is 6.03 Å². The second kappa shape index (κ2) is 6.78. The van der Waals surface area contributed by atoms with E-state index in [0.29, 0.717) is 6.54 Å². The number of hydrogen-bond donors (Lipinski definition) is 2. The van der Waals surface area contributed by atoms with Crippen LogP contribution in [0.4, 0.5) is 4.79 Å². The summed E-state index contributed by atoms with van der Waals surface area (Å²) in [5, 5.41) is 10.3. The number of nitrogens with zero attached hydrogens (tertiary/aromatic N) is 2. The molecule has 1 aromatic carbocycles. The summed E-state index contributed by atoms with van der Waals surface area (Å²) in [4.78, 5) is 12.3. The highest BCUT2D eigenvalue weighted by Crippen LogP contribution is 2.50. The summed E-state index contributed by atoms with van der Waals surface area (Å²) in [6.07, 6.45) is 4.06. The zero-order valence-electron chi connectivity index (χ0n) is 15.3. The molecule has 134 valence electrons. The van der Waals surface area contributed by atoms with Crippen molar-refractivity contribution in [2.24, 2.45) is 7.05 Å². The largest absolute Gasteiger partial charge is 0.496 e. The van der Waals surface area contributed by atoms with Crippen LogP contribution in [-0.2, 0) is 12.5 Å². The maximum atomic E-state index is 12.3. The van der Waals surface area contributed by atoms with Crippen LogP contribution < -0.4 is 15.4 Å². The normalized spacial score (nSPS) is 16.2. The molecule has 6 heteroatoms. The van der Waals surface area contributed by atoms with E-state index in [2.05, 4.69) is 21.8 Å². The molecule has 0 unspecified atom stereocenters. The number of aryl methyl sites for hydroxylation is 2. The van der Waals surface area contributed by atoms with Gasteiger partial charge in [-0.3, -0.25) is 4.68 Å². The van der Waals surface area contributed by atoms with Gasteiger partial charge in [-0.1, -0.05) is 18.2 Å². The second-order valence-corrected chi connectivity index (χ2v) is 6.87. The Labute approximate surface area is 148 Å². The van der Waals surface area contributed by atoms with Gasteiger partial charge >= 0.3 is 6.03 Å². The first-order chi connectivity index (χ1) is 11.9. The topological polar surface area (TPSA) is 68.2 Å². The molecular weight excluding hydrogens is 316 g/mol. The minimum Gasteiger partial charge on any atom is -0.496 e. The van der Waals surface area contributed by atoms with Crippen molar-refractivity contribution in [3.05, 3.63) is 47.3 Å². The van der Waals surface area contributed by atoms with Crippen molar-refractivity contribution in [1.82, 2.24) is 20.4 Å². The van der Waals surface area contributed by atoms with Crippen LogP contribution in [0.15, 0.2) is 30.5 Å². The average molecular weight is 342 g/mol. The predicted octanol–water partition coefficient (Wildman–Crippen LogP) is 2.83. The fraction of sp³-hybridized carbons (Fsp3) is 0.474. The van der Waals surface area contributed by atoms with Crippen molar-refractivity contribution < 1.29 is 9.53 Å². The Hall–Kier alpha value is -2.50. The highest BCUT2D eigenvalue weighted by molar-refractivity contribution is 5.74. The smallest absolute Gasteiger partial charge is 0.315 e. The lowest BCUT2D eigenvalue weighted by Gasteiger charge is -2.20. The minimum absolute atomic E-state index is 0.00258. The Morgan fingerprint density at radius 1 is 1.40 bits per heavy atom. The molecule has 1 fully saturated rings. The van der Waals surface area contributed by atoms with Crippen LogP contribution in [0.25, 0.3) is 0 Å². The van der Waals surface area contributed by atoms with Gasteiger partial charge < -0.3 is 15.4 Å². The second-order valence-electron chi connectivity index (χ2n) is 6.87. The van der Waals surface area contributed by atoms with E-state index in [1.54, 1.807) is 11.8 Å². The Morgan fingerprint density at radius 2 is 2.12 bits per heavy atom. The minimum atomic E-state index is -0.156. The number of aromatic nitrogens is 2. The Morgan fingerprint density at radius 3 is 2.72 bits per heavy atom. The van der Waals surface area contributed by atoms with Crippen LogP contribution in [0.3, 0.4) is 0 Å². The lowest BCUT2D eigenvalue weighted by atomic mass is 9.95. The van der Waals surface area contributed by atoms with E-state index in [4.69, 9.17) is 4.74 Å². The van der Waals surface area contributed by atoms with Gasteiger partial charge in [0.05, 0.1) is 18.8 Å². The molecule has 2 aromatic rings. The molecule has 0 bridgehead atoms. The van der Waals surface area contributed by atoms with E-state index in [1.165, 1.54) is 5.56 Å². The molecule has 0 radical (unpaired) electrons. The summed E-state index contributed by atoms with van der Waals surface area (Å²) in [7, 11) is 3.57. The van der Waals surface area contributed by atoms with Gasteiger partial charge in [0.2, 0.25) is 0 Å². The Bertz CT molecular complexity index is 765. The fourth-order valence-corrected chi connectivity index (χ4v) is 3.39. The number of para-hydroxylation sites is 1. The third kappa shape index (κ3) is 3.62. The predicted molar refractivity (Wildman–Crippen MR) is 96.8 cm³/mol. The van der Waals surface area contributed by atoms with Crippen molar-refractivity contribution in [3.8, 4) is 5.75 Å². The zero-order valence-corrected chi connectivity index (χ0v) is 15.3. The van der Waals surface area contributed by atoms with Gasteiger partial charge in [0.15, 0.2) is 0 Å². The molecule has 1 aliphatic rings. The molecule has 1 aromatic heterocycles. The number of carbonyl (C=O) groups excluding carboxylic acids is 1. The highest BCUT2D eigenvalue weighted by atomic mass is 16.5. The maximum Gasteiger partial charge on any atom is 0.315 e. The summed E-state index contributed by atoms with van der Waals surface area (Å²) in [6.45, 7) is 4.53. The van der Waals surface area contributed by atoms with Crippen molar-refractivity contribution in [3.63, 3.8) is 0 Å². The molecule has 6 nitrogen and oxygen atoms in total. The highest BCUT2D eigenvalue weighted by Gasteiger charge is 2.46. The quantitative estimate of drug-likeness (QED) is 0.848. The molecule has 1 heterocycles. The van der Waals surface area contributed by atoms with Gasteiger partial charge in [0, 0.05) is 36.3 Å². The molecule has 3 rings (SSSR count). The molecular formula is C19H26N4O2. The number of hydrogen-bond acceptors (Lipinski definition) is 3. The number of rotatable bonds is 6. The Balaban J connectivity index is 1.60. The van der Waals surface area contributed by atoms with Gasteiger partial charge in [0.1, 0.15) is 5.75 Å². The van der Waals surface area contributed by atoms with E-state index >= 15 is 0 Å². The summed E-state index contributed by atoms with van der Waals surface area (Å²) < 4.78 is 7.24. The summed E-state index contributed by atoms with van der Waals surface area (Å²) in [5.41, 5.74) is 3.14. The molecule has 25 heavy (non-hydrogen) atoms. The first kappa shape index (κ1) is 17.3. The van der Waals surface area contributed by atoms with Crippen molar-refractivity contribution in [2.75, 3.05) is 13.7 Å². The average Bonchev–Trinajstić information content (AvgIpc) is 3.31. The van der Waals surface area contributed by atoms with Gasteiger partial charge in [0.25, 0.3) is 0 Å². The van der Waals surface area contributed by atoms with Gasteiger partial charge in [-0.25, -0.2) is 4.79 Å². The lowest BCUT2D eigenvalue weighted by molar-refractivity contribution is 0.236. The molecule has 1 atom stereocenters. The summed E-state index contributed by atoms with van der Waals surface area (Å²) >= 11 is 0. The van der Waals surface area contributed by atoms with Crippen LogP contribution in [0.2, 0.25) is 0 Å². The number of methoxy groups -OCH3 is 1. The summed E-state index contributed by atoms with van der Waals surface area (Å²) in [6, 6.07) is 7.81. The van der Waals surface area contributed by atoms with E-state index < -0.39 is 0 Å². The van der Waals surface area contributed by atoms with Crippen LogP contribution >= 0.6 is 0 Å². The van der Waals surface area contributed by atoms with Gasteiger partial charge in [-0.2, -0.15) is 5.10 Å². The third-order valence-electron chi connectivity index (χ3n) is 4.98. The molecule has 0 spiro atoms. The summed E-state index contributed by atoms with van der Waals surface area (Å²) in [5.74, 6) is 0.890. The van der Waals surface area contributed by atoms with Crippen LogP contribution in [0.5, 0.6) is 5.75 Å². The first-order valence-electron chi connectivity index (χ1n) is 8.63. The lowest BCUT2D eigenvalue weighted by Crippen LogP contribution is -2.41. The number of benzene rings is 1. The van der Waals surface area contributed by atoms with Crippen molar-refractivity contribution in [1.29, 1.82) is 0 Å². The SMILES string of the molecule is COc1ccccc1C1(CNC(=O)N[C@@H](C)c2cn(C)nc2C)CC1. The van der Waals surface area contributed by atoms with Gasteiger partial charge in [-0.15, -0.1) is 0 Å². The Kier molecular flexibility index (Phi) is 4.70. The third-order valence-corrected chi connectivity index (χ3v) is 4.98. The van der Waals surface area contributed by atoms with E-state index in [1.807, 2.05) is 45.3 Å². The zero-order chi connectivity index (χ0) is 18.0. The van der Waals surface area contributed by atoms with Crippen LogP contribution in [0.1, 0.15) is 42.6 Å². The van der Waals surface area contributed by atoms with Gasteiger partial charge in [-0.05, 0) is 32.8 Å². The molecule has 1 saturated carbocycles. The van der Waals surface area contributed by atoms with Crippen LogP contribution in [-0.4, -0.2) is 29.5 Å². The number of carbonyl (C=O) groups is 1. The molecule has 2 amide bonds. The number of amides is 2. The standard InChI is InChI=1S/C19H26N4O2/c1-13(15-11-23(3)22-14(15)2)21-18(24)20-12-19(9-10-19)16-7-5-6-8-17(16)25-4/h5-8,11,13H,9-10,12H2,1-4H3,(H2,20,21,24)/t13-/m0/s1. The number of nitrogens with one attached hydrogen (secondary N) is 2. The molecule has 1 aliphatic carbocycles. The van der Waals surface area contributed by atoms with E-state index in [0.717, 1.165) is 29.8 Å². The molecule has 0 saturated heterocycles. The van der Waals surface area contributed by atoms with E-state index in [-0.39, 0.29) is 17.5 Å². The van der Waals surface area contributed by atoms with Crippen LogP contribution in [0, 0.1) is 6.92 Å². The molecule has 0 aliphatic heterocycles. The fourth-order valence-electron chi connectivity index (χ4n) is 3.39. The first-order valence-corrected chi connectivity index (χ1v) is 8.63. The number of urea groups is 1. The monoisotopic (exact) mass is 342 g/mol. The maximum absolute atomic E-state index is 12.3. The molecule has 2 N–H and O–H groups in total.